The number of aliphatic hydroxyl groups is 1. The van der Waals surface area contributed by atoms with Crippen molar-refractivity contribution in [1.82, 2.24) is 25.9 Å². The Morgan fingerprint density at radius 2 is 1.57 bits per heavy atom. The van der Waals surface area contributed by atoms with E-state index in [-0.39, 0.29) is 24.3 Å². The predicted octanol–water partition coefficient (Wildman–Crippen LogP) is -2.31. The van der Waals surface area contributed by atoms with Crippen molar-refractivity contribution in [1.29, 1.82) is 0 Å². The number of benzene rings is 1. The van der Waals surface area contributed by atoms with Crippen molar-refractivity contribution in [2.24, 2.45) is 5.73 Å². The van der Waals surface area contributed by atoms with Crippen molar-refractivity contribution in [2.75, 3.05) is 12.4 Å². The molecule has 190 valence electrons. The minimum Gasteiger partial charge on any atom is -0.508 e. The molecule has 3 amide bonds. The number of carboxylic acids is 1. The van der Waals surface area contributed by atoms with Gasteiger partial charge in [-0.15, -0.1) is 0 Å². The van der Waals surface area contributed by atoms with E-state index in [1.807, 2.05) is 0 Å². The zero-order valence-electron chi connectivity index (χ0n) is 18.5. The molecule has 0 aliphatic rings. The lowest BCUT2D eigenvalue weighted by Gasteiger charge is -2.24. The summed E-state index contributed by atoms with van der Waals surface area (Å²) < 4.78 is 0. The van der Waals surface area contributed by atoms with E-state index >= 15 is 0 Å². The second-order valence-electron chi connectivity index (χ2n) is 7.64. The summed E-state index contributed by atoms with van der Waals surface area (Å²) in [6.45, 7) is -0.630. The zero-order chi connectivity index (χ0) is 26.0. The first-order chi connectivity index (χ1) is 16.6. The standard InChI is InChI=1S/C21H28N6O7S/c22-14(8-28)18(30)27-17(9-35)20(32)25-15(6-12-7-23-10-24-12)19(31)26-16(21(33)34)5-11-1-3-13(29)4-2-11/h1-4,7,10,14-17,28-29,35H,5-6,8-9,22H2,(H,23,24)(H,25,32)(H,26,31)(H,27,30)(H,33,34). The number of hydrogen-bond acceptors (Lipinski definition) is 9. The lowest BCUT2D eigenvalue weighted by Crippen LogP contribution is -2.58. The molecule has 4 unspecified atom stereocenters. The summed E-state index contributed by atoms with van der Waals surface area (Å²) in [6.07, 6.45) is 2.70. The van der Waals surface area contributed by atoms with Crippen LogP contribution in [0.25, 0.3) is 0 Å². The van der Waals surface area contributed by atoms with Gasteiger partial charge in [-0.2, -0.15) is 12.6 Å². The molecule has 0 radical (unpaired) electrons. The largest absolute Gasteiger partial charge is 0.508 e. The monoisotopic (exact) mass is 508 g/mol. The van der Waals surface area contributed by atoms with Gasteiger partial charge in [0.2, 0.25) is 17.7 Å². The van der Waals surface area contributed by atoms with Crippen molar-refractivity contribution in [3.8, 4) is 5.75 Å². The summed E-state index contributed by atoms with van der Waals surface area (Å²) in [6, 6.07) is 0.874. The predicted molar refractivity (Wildman–Crippen MR) is 126 cm³/mol. The quantitative estimate of drug-likeness (QED) is 0.132. The molecule has 1 aromatic carbocycles. The van der Waals surface area contributed by atoms with Crippen LogP contribution in [-0.4, -0.2) is 85.5 Å². The molecule has 0 saturated carbocycles. The lowest BCUT2D eigenvalue weighted by atomic mass is 10.0. The molecule has 0 aliphatic heterocycles. The number of aromatic amines is 1. The number of hydrogen-bond donors (Lipinski definition) is 9. The highest BCUT2D eigenvalue weighted by Crippen LogP contribution is 2.12. The van der Waals surface area contributed by atoms with Gasteiger partial charge < -0.3 is 42.0 Å². The number of rotatable bonds is 13. The average molecular weight is 509 g/mol. The Morgan fingerprint density at radius 3 is 2.11 bits per heavy atom. The highest BCUT2D eigenvalue weighted by molar-refractivity contribution is 7.80. The number of phenols is 1. The number of nitrogens with zero attached hydrogens (tertiary/aromatic N) is 1. The molecule has 0 spiro atoms. The maximum atomic E-state index is 13.0. The zero-order valence-corrected chi connectivity index (χ0v) is 19.4. The van der Waals surface area contributed by atoms with Gasteiger partial charge in [0.1, 0.15) is 29.9 Å². The fourth-order valence-corrected chi connectivity index (χ4v) is 3.25. The van der Waals surface area contributed by atoms with E-state index < -0.39 is 54.5 Å². The molecular weight excluding hydrogens is 480 g/mol. The second-order valence-corrected chi connectivity index (χ2v) is 8.01. The molecule has 1 aromatic heterocycles. The molecule has 9 N–H and O–H groups in total. The second kappa shape index (κ2) is 13.3. The third-order valence-electron chi connectivity index (χ3n) is 4.95. The number of nitrogens with one attached hydrogen (secondary N) is 4. The Labute approximate surface area is 205 Å². The minimum atomic E-state index is -1.32. The third kappa shape index (κ3) is 8.59. The van der Waals surface area contributed by atoms with Crippen molar-refractivity contribution in [2.45, 2.75) is 37.0 Å². The Kier molecular flexibility index (Phi) is 10.5. The summed E-state index contributed by atoms with van der Waals surface area (Å²) >= 11 is 4.04. The van der Waals surface area contributed by atoms with Crippen LogP contribution in [0.1, 0.15) is 11.3 Å². The number of imidazole rings is 1. The van der Waals surface area contributed by atoms with Crippen LogP contribution in [-0.2, 0) is 32.0 Å². The van der Waals surface area contributed by atoms with Gasteiger partial charge in [0.15, 0.2) is 0 Å². The number of aliphatic hydroxyl groups excluding tert-OH is 1. The number of carboxylic acid groups (broad SMARTS) is 1. The van der Waals surface area contributed by atoms with Gasteiger partial charge in [0.25, 0.3) is 0 Å². The average Bonchev–Trinajstić information content (AvgIpc) is 3.35. The van der Waals surface area contributed by atoms with Crippen molar-refractivity contribution < 1.29 is 34.5 Å². The van der Waals surface area contributed by atoms with E-state index in [2.05, 4.69) is 38.5 Å². The highest BCUT2D eigenvalue weighted by Gasteiger charge is 2.30. The maximum Gasteiger partial charge on any atom is 0.326 e. The van der Waals surface area contributed by atoms with Crippen molar-refractivity contribution >= 4 is 36.3 Å². The number of phenolic OH excluding ortho intramolecular Hbond substituents is 1. The normalized spacial score (nSPS) is 14.3. The number of aromatic hydroxyl groups is 1. The summed E-state index contributed by atoms with van der Waals surface area (Å²) in [4.78, 5) is 56.2. The third-order valence-corrected chi connectivity index (χ3v) is 5.32. The number of aromatic nitrogens is 2. The van der Waals surface area contributed by atoms with E-state index in [0.29, 0.717) is 11.3 Å². The number of carbonyl (C=O) groups is 4. The number of thiol groups is 1. The Bertz CT molecular complexity index is 1000. The van der Waals surface area contributed by atoms with Crippen LogP contribution >= 0.6 is 12.6 Å². The number of amides is 3. The number of nitrogens with two attached hydrogens (primary N) is 1. The van der Waals surface area contributed by atoms with E-state index in [9.17, 15) is 29.4 Å². The van der Waals surface area contributed by atoms with Gasteiger partial charge in [-0.25, -0.2) is 9.78 Å². The Morgan fingerprint density at radius 1 is 0.971 bits per heavy atom. The van der Waals surface area contributed by atoms with Gasteiger partial charge in [-0.3, -0.25) is 14.4 Å². The number of H-pyrrole nitrogens is 1. The van der Waals surface area contributed by atoms with Crippen LogP contribution in [0.5, 0.6) is 5.75 Å². The molecule has 14 heteroatoms. The van der Waals surface area contributed by atoms with Crippen molar-refractivity contribution in [3.05, 3.63) is 48.0 Å². The lowest BCUT2D eigenvalue weighted by molar-refractivity contribution is -0.142. The van der Waals surface area contributed by atoms with Crippen molar-refractivity contribution in [3.63, 3.8) is 0 Å². The maximum absolute atomic E-state index is 13.0. The molecule has 0 fully saturated rings. The van der Waals surface area contributed by atoms with Gasteiger partial charge >= 0.3 is 5.97 Å². The molecule has 35 heavy (non-hydrogen) atoms. The minimum absolute atomic E-state index is 0.0118. The highest BCUT2D eigenvalue weighted by atomic mass is 32.1. The van der Waals surface area contributed by atoms with Gasteiger partial charge in [0.05, 0.1) is 12.9 Å². The SMILES string of the molecule is NC(CO)C(=O)NC(CS)C(=O)NC(Cc1cnc[nH]1)C(=O)NC(Cc1ccc(O)cc1)C(=O)O. The topological polar surface area (TPSA) is 220 Å². The number of aliphatic carboxylic acids is 1. The van der Waals surface area contributed by atoms with Crippen LogP contribution < -0.4 is 21.7 Å². The van der Waals surface area contributed by atoms with E-state index in [1.54, 1.807) is 0 Å². The summed E-state index contributed by atoms with van der Waals surface area (Å²) in [5, 5.41) is 35.3. The number of carbonyl (C=O) groups excluding carboxylic acids is 3. The molecule has 1 heterocycles. The Hall–Kier alpha value is -3.62. The first kappa shape index (κ1) is 27.6. The van der Waals surface area contributed by atoms with Gasteiger partial charge in [-0.1, -0.05) is 12.1 Å². The van der Waals surface area contributed by atoms with Crippen LogP contribution in [0.2, 0.25) is 0 Å². The van der Waals surface area contributed by atoms with E-state index in [0.717, 1.165) is 0 Å². The molecule has 0 saturated heterocycles. The molecule has 4 atom stereocenters. The molecule has 13 nitrogen and oxygen atoms in total. The molecule has 0 bridgehead atoms. The van der Waals surface area contributed by atoms with Gasteiger partial charge in [-0.05, 0) is 17.7 Å². The first-order valence-electron chi connectivity index (χ1n) is 10.5. The fraction of sp³-hybridized carbons (Fsp3) is 0.381. The molecule has 2 aromatic rings. The summed E-state index contributed by atoms with van der Waals surface area (Å²) in [5.41, 5.74) is 6.50. The van der Waals surface area contributed by atoms with Crippen LogP contribution in [0.4, 0.5) is 0 Å². The molecular formula is C21H28N6O7S. The molecule has 0 aliphatic carbocycles. The van der Waals surface area contributed by atoms with Crippen LogP contribution in [0, 0.1) is 0 Å². The smallest absolute Gasteiger partial charge is 0.326 e. The van der Waals surface area contributed by atoms with Crippen LogP contribution in [0.15, 0.2) is 36.8 Å². The fourth-order valence-electron chi connectivity index (χ4n) is 2.99. The molecule has 2 rings (SSSR count). The Balaban J connectivity index is 2.16. The summed E-state index contributed by atoms with van der Waals surface area (Å²) in [7, 11) is 0. The van der Waals surface area contributed by atoms with E-state index in [4.69, 9.17) is 10.8 Å². The van der Waals surface area contributed by atoms with Gasteiger partial charge in [0, 0.05) is 30.5 Å². The van der Waals surface area contributed by atoms with Crippen LogP contribution in [0.3, 0.4) is 0 Å². The first-order valence-corrected chi connectivity index (χ1v) is 11.1. The van der Waals surface area contributed by atoms with E-state index in [1.165, 1.54) is 36.8 Å². The summed E-state index contributed by atoms with van der Waals surface area (Å²) in [5.74, 6) is -3.74.